The lowest BCUT2D eigenvalue weighted by molar-refractivity contribution is 0.288. The molecular formula is C17H21ClN4O3. The van der Waals surface area contributed by atoms with Gasteiger partial charge >= 0.3 is 0 Å². The smallest absolute Gasteiger partial charge is 0.252 e. The number of aromatic nitrogens is 2. The first-order valence-corrected chi connectivity index (χ1v) is 8.43. The molecule has 25 heavy (non-hydrogen) atoms. The zero-order valence-corrected chi connectivity index (χ0v) is 15.2. The molecule has 8 heteroatoms. The van der Waals surface area contributed by atoms with Gasteiger partial charge in [-0.3, -0.25) is 9.78 Å². The van der Waals surface area contributed by atoms with Crippen LogP contribution in [0.25, 0.3) is 0 Å². The van der Waals surface area contributed by atoms with Crippen LogP contribution in [0.3, 0.4) is 0 Å². The number of aryl methyl sites for hydroxylation is 1. The maximum absolute atomic E-state index is 11.5. The molecule has 0 unspecified atom stereocenters. The number of nitrogens with zero attached hydrogens (tertiary/aromatic N) is 2. The van der Waals surface area contributed by atoms with E-state index in [0.29, 0.717) is 41.9 Å². The predicted molar refractivity (Wildman–Crippen MR) is 99.2 cm³/mol. The van der Waals surface area contributed by atoms with Gasteiger partial charge in [0.05, 0.1) is 24.5 Å². The number of H-pyrrole nitrogens is 1. The summed E-state index contributed by atoms with van der Waals surface area (Å²) in [7, 11) is 0. The minimum atomic E-state index is -0.229. The van der Waals surface area contributed by atoms with Crippen LogP contribution in [-0.2, 0) is 6.42 Å². The molecule has 2 N–H and O–H groups in total. The Morgan fingerprint density at radius 2 is 2.00 bits per heavy atom. The summed E-state index contributed by atoms with van der Waals surface area (Å²) in [5, 5.41) is 4.52. The van der Waals surface area contributed by atoms with Crippen molar-refractivity contribution in [3.05, 3.63) is 44.8 Å². The molecule has 0 spiro atoms. The summed E-state index contributed by atoms with van der Waals surface area (Å²) in [6.07, 6.45) is 2.22. The van der Waals surface area contributed by atoms with Crippen molar-refractivity contribution in [2.24, 2.45) is 5.10 Å². The Hall–Kier alpha value is -2.54. The summed E-state index contributed by atoms with van der Waals surface area (Å²) in [6.45, 7) is 6.66. The largest absolute Gasteiger partial charge is 0.490 e. The van der Waals surface area contributed by atoms with Crippen molar-refractivity contribution in [2.45, 2.75) is 27.2 Å². The van der Waals surface area contributed by atoms with Crippen molar-refractivity contribution in [3.8, 4) is 11.5 Å². The monoisotopic (exact) mass is 364 g/mol. The molecule has 2 aromatic rings. The van der Waals surface area contributed by atoms with Gasteiger partial charge in [0, 0.05) is 11.8 Å². The van der Waals surface area contributed by atoms with Crippen LogP contribution in [0.2, 0.25) is 5.02 Å². The van der Waals surface area contributed by atoms with Crippen molar-refractivity contribution < 1.29 is 9.47 Å². The third-order valence-corrected chi connectivity index (χ3v) is 3.44. The average molecular weight is 365 g/mol. The standard InChI is InChI=1S/C17H21ClN4O3/c1-4-12-9-15(23)21-17(20-12)22-19-10-11-7-13(18)16(25-6-3)14(8-11)24-5-2/h7-10H,4-6H2,1-3H3,(H2,20,21,22,23)/b19-10-. The van der Waals surface area contributed by atoms with Crippen LogP contribution in [0.15, 0.2) is 28.1 Å². The molecule has 134 valence electrons. The maximum atomic E-state index is 11.5. The summed E-state index contributed by atoms with van der Waals surface area (Å²) in [4.78, 5) is 18.3. The summed E-state index contributed by atoms with van der Waals surface area (Å²) in [5.74, 6) is 1.35. The van der Waals surface area contributed by atoms with Crippen molar-refractivity contribution in [3.63, 3.8) is 0 Å². The van der Waals surface area contributed by atoms with E-state index in [1.165, 1.54) is 6.07 Å². The van der Waals surface area contributed by atoms with Gasteiger partial charge in [0.1, 0.15) is 0 Å². The zero-order chi connectivity index (χ0) is 18.2. The number of aromatic amines is 1. The highest BCUT2D eigenvalue weighted by Gasteiger charge is 2.11. The number of hydrogen-bond acceptors (Lipinski definition) is 6. The molecule has 0 saturated heterocycles. The second-order valence-electron chi connectivity index (χ2n) is 5.00. The summed E-state index contributed by atoms with van der Waals surface area (Å²) in [6, 6.07) is 4.96. The minimum absolute atomic E-state index is 0.229. The molecule has 1 aromatic carbocycles. The van der Waals surface area contributed by atoms with E-state index in [1.54, 1.807) is 18.3 Å². The van der Waals surface area contributed by atoms with E-state index in [0.717, 1.165) is 5.56 Å². The Morgan fingerprint density at radius 1 is 1.24 bits per heavy atom. The van der Waals surface area contributed by atoms with Gasteiger partial charge in [-0.05, 0) is 38.0 Å². The van der Waals surface area contributed by atoms with Crippen LogP contribution >= 0.6 is 11.6 Å². The first kappa shape index (κ1) is 18.8. The summed E-state index contributed by atoms with van der Waals surface area (Å²) >= 11 is 6.26. The Bertz CT molecular complexity index is 805. The summed E-state index contributed by atoms with van der Waals surface area (Å²) in [5.41, 5.74) is 3.88. The van der Waals surface area contributed by atoms with Gasteiger partial charge in [0.2, 0.25) is 5.95 Å². The fourth-order valence-corrected chi connectivity index (χ4v) is 2.39. The molecule has 0 saturated carbocycles. The number of hydrazone groups is 1. The molecule has 0 bridgehead atoms. The number of nitrogens with one attached hydrogen (secondary N) is 2. The van der Waals surface area contributed by atoms with Crippen LogP contribution in [0.1, 0.15) is 32.0 Å². The fraction of sp³-hybridized carbons (Fsp3) is 0.353. The number of halogens is 1. The van der Waals surface area contributed by atoms with Crippen LogP contribution in [-0.4, -0.2) is 29.4 Å². The third kappa shape index (κ3) is 5.22. The first-order valence-electron chi connectivity index (χ1n) is 8.05. The first-order chi connectivity index (χ1) is 12.1. The Labute approximate surface area is 151 Å². The van der Waals surface area contributed by atoms with Crippen LogP contribution in [0.5, 0.6) is 11.5 Å². The second kappa shape index (κ2) is 9.08. The van der Waals surface area contributed by atoms with E-state index in [4.69, 9.17) is 21.1 Å². The molecule has 0 radical (unpaired) electrons. The van der Waals surface area contributed by atoms with Crippen molar-refractivity contribution in [1.82, 2.24) is 9.97 Å². The van der Waals surface area contributed by atoms with Crippen LogP contribution in [0, 0.1) is 0 Å². The van der Waals surface area contributed by atoms with Gasteiger partial charge in [0.15, 0.2) is 11.5 Å². The number of hydrogen-bond donors (Lipinski definition) is 2. The maximum Gasteiger partial charge on any atom is 0.252 e. The van der Waals surface area contributed by atoms with Gasteiger partial charge in [-0.1, -0.05) is 18.5 Å². The minimum Gasteiger partial charge on any atom is -0.490 e. The van der Waals surface area contributed by atoms with E-state index in [2.05, 4.69) is 20.5 Å². The van der Waals surface area contributed by atoms with Crippen molar-refractivity contribution in [2.75, 3.05) is 18.6 Å². The van der Waals surface area contributed by atoms with E-state index in [9.17, 15) is 4.79 Å². The molecule has 0 fully saturated rings. The van der Waals surface area contributed by atoms with Crippen LogP contribution < -0.4 is 20.5 Å². The lowest BCUT2D eigenvalue weighted by Gasteiger charge is -2.13. The predicted octanol–water partition coefficient (Wildman–Crippen LogP) is 3.23. The highest BCUT2D eigenvalue weighted by atomic mass is 35.5. The Morgan fingerprint density at radius 3 is 2.68 bits per heavy atom. The average Bonchev–Trinajstić information content (AvgIpc) is 2.57. The molecule has 0 aliphatic carbocycles. The van der Waals surface area contributed by atoms with E-state index in [1.807, 2.05) is 20.8 Å². The highest BCUT2D eigenvalue weighted by Crippen LogP contribution is 2.36. The SMILES string of the molecule is CCOc1cc(/C=N\Nc2nc(CC)cc(=O)[nH]2)cc(Cl)c1OCC. The van der Waals surface area contributed by atoms with Gasteiger partial charge in [-0.2, -0.15) is 5.10 Å². The quantitative estimate of drug-likeness (QED) is 0.554. The molecule has 1 heterocycles. The highest BCUT2D eigenvalue weighted by molar-refractivity contribution is 6.32. The second-order valence-corrected chi connectivity index (χ2v) is 5.41. The zero-order valence-electron chi connectivity index (χ0n) is 14.4. The van der Waals surface area contributed by atoms with Crippen molar-refractivity contribution in [1.29, 1.82) is 0 Å². The van der Waals surface area contributed by atoms with Gasteiger partial charge in [0.25, 0.3) is 5.56 Å². The van der Waals surface area contributed by atoms with Gasteiger partial charge in [-0.15, -0.1) is 0 Å². The molecule has 2 rings (SSSR count). The van der Waals surface area contributed by atoms with Crippen molar-refractivity contribution >= 4 is 23.8 Å². The molecule has 1 aromatic heterocycles. The third-order valence-electron chi connectivity index (χ3n) is 3.16. The summed E-state index contributed by atoms with van der Waals surface area (Å²) < 4.78 is 11.1. The molecule has 0 amide bonds. The Kier molecular flexibility index (Phi) is 6.82. The number of anilines is 1. The molecule has 0 atom stereocenters. The topological polar surface area (TPSA) is 88.6 Å². The fourth-order valence-electron chi connectivity index (χ4n) is 2.12. The normalized spacial score (nSPS) is 10.9. The van der Waals surface area contributed by atoms with E-state index in [-0.39, 0.29) is 11.5 Å². The lowest BCUT2D eigenvalue weighted by atomic mass is 10.2. The van der Waals surface area contributed by atoms with E-state index < -0.39 is 0 Å². The number of ether oxygens (including phenoxy) is 2. The van der Waals surface area contributed by atoms with E-state index >= 15 is 0 Å². The number of benzene rings is 1. The molecule has 0 aliphatic heterocycles. The van der Waals surface area contributed by atoms with Gasteiger partial charge in [-0.25, -0.2) is 10.4 Å². The molecule has 7 nitrogen and oxygen atoms in total. The Balaban J connectivity index is 2.20. The number of rotatable bonds is 8. The lowest BCUT2D eigenvalue weighted by Crippen LogP contribution is -2.11. The van der Waals surface area contributed by atoms with Crippen LogP contribution in [0.4, 0.5) is 5.95 Å². The molecular weight excluding hydrogens is 344 g/mol. The van der Waals surface area contributed by atoms with Gasteiger partial charge < -0.3 is 9.47 Å². The molecule has 0 aliphatic rings.